The van der Waals surface area contributed by atoms with Crippen LogP contribution in [0.2, 0.25) is 0 Å². The molecule has 9 rings (SSSR count). The van der Waals surface area contributed by atoms with Crippen LogP contribution in [-0.2, 0) is 0 Å². The number of nitrogens with zero attached hydrogens (tertiary/aromatic N) is 2. The first-order valence-electron chi connectivity index (χ1n) is 14.9. The zero-order valence-corrected chi connectivity index (χ0v) is 24.6. The van der Waals surface area contributed by atoms with Crippen LogP contribution < -0.4 is 4.90 Å². The summed E-state index contributed by atoms with van der Waals surface area (Å²) < 4.78 is 0. The lowest BCUT2D eigenvalue weighted by atomic mass is 9.96. The van der Waals surface area contributed by atoms with Crippen molar-refractivity contribution >= 4 is 49.9 Å². The van der Waals surface area contributed by atoms with Crippen LogP contribution >= 0.6 is 11.3 Å². The molecule has 2 nitrogen and oxygen atoms in total. The number of fused-ring (bicyclic) bond motifs is 5. The van der Waals surface area contributed by atoms with Crippen LogP contribution in [-0.4, -0.2) is 4.98 Å². The van der Waals surface area contributed by atoms with E-state index in [1.807, 2.05) is 0 Å². The van der Waals surface area contributed by atoms with E-state index in [0.717, 1.165) is 27.8 Å². The number of rotatable bonds is 5. The molecule has 0 spiro atoms. The van der Waals surface area contributed by atoms with E-state index < -0.39 is 0 Å². The predicted octanol–water partition coefficient (Wildman–Crippen LogP) is 11.9. The Morgan fingerprint density at radius 3 is 1.84 bits per heavy atom. The average molecular weight is 579 g/mol. The largest absolute Gasteiger partial charge is 0.310 e. The highest BCUT2D eigenvalue weighted by Gasteiger charge is 2.27. The van der Waals surface area contributed by atoms with Crippen molar-refractivity contribution in [1.82, 2.24) is 4.98 Å². The van der Waals surface area contributed by atoms with Crippen LogP contribution in [0.15, 0.2) is 158 Å². The first kappa shape index (κ1) is 25.0. The summed E-state index contributed by atoms with van der Waals surface area (Å²) in [5.41, 5.74) is 10.6. The van der Waals surface area contributed by atoms with E-state index in [9.17, 15) is 0 Å². The predicted molar refractivity (Wildman–Crippen MR) is 187 cm³/mol. The molecule has 0 radical (unpaired) electrons. The van der Waals surface area contributed by atoms with E-state index >= 15 is 0 Å². The van der Waals surface area contributed by atoms with E-state index in [4.69, 9.17) is 4.98 Å². The minimum Gasteiger partial charge on any atom is -0.310 e. The third-order valence-corrected chi connectivity index (χ3v) is 9.75. The number of benzene rings is 7. The molecule has 3 heteroatoms. The lowest BCUT2D eigenvalue weighted by Crippen LogP contribution is -2.09. The van der Waals surface area contributed by atoms with Gasteiger partial charge < -0.3 is 4.90 Å². The number of para-hydroxylation sites is 1. The second kappa shape index (κ2) is 10.0. The second-order valence-electron chi connectivity index (χ2n) is 11.2. The van der Waals surface area contributed by atoms with Crippen LogP contribution in [0.1, 0.15) is 0 Å². The molecular weight excluding hydrogens is 553 g/mol. The lowest BCUT2D eigenvalue weighted by Gasteiger charge is -2.26. The van der Waals surface area contributed by atoms with E-state index in [1.165, 1.54) is 54.2 Å². The normalized spacial score (nSPS) is 11.6. The molecule has 0 unspecified atom stereocenters. The van der Waals surface area contributed by atoms with Crippen molar-refractivity contribution in [1.29, 1.82) is 0 Å². The summed E-state index contributed by atoms with van der Waals surface area (Å²) in [5.74, 6) is 0. The Hall–Kier alpha value is -5.51. The van der Waals surface area contributed by atoms with Gasteiger partial charge in [0.2, 0.25) is 0 Å². The van der Waals surface area contributed by atoms with Gasteiger partial charge in [0.1, 0.15) is 5.01 Å². The van der Waals surface area contributed by atoms with E-state index in [1.54, 1.807) is 11.3 Å². The zero-order chi connectivity index (χ0) is 29.0. The fourth-order valence-corrected chi connectivity index (χ4v) is 7.68. The zero-order valence-electron chi connectivity index (χ0n) is 23.8. The Morgan fingerprint density at radius 1 is 0.455 bits per heavy atom. The number of hydrogen-bond acceptors (Lipinski definition) is 3. The van der Waals surface area contributed by atoms with Gasteiger partial charge in [-0.3, -0.25) is 0 Å². The van der Waals surface area contributed by atoms with Gasteiger partial charge in [0.15, 0.2) is 0 Å². The molecule has 7 aromatic carbocycles. The van der Waals surface area contributed by atoms with Gasteiger partial charge >= 0.3 is 0 Å². The molecular formula is C41H26N2S. The molecule has 1 aliphatic carbocycles. The van der Waals surface area contributed by atoms with Crippen molar-refractivity contribution in [2.45, 2.75) is 0 Å². The topological polar surface area (TPSA) is 16.1 Å². The molecule has 1 aromatic heterocycles. The van der Waals surface area contributed by atoms with E-state index in [-0.39, 0.29) is 0 Å². The van der Waals surface area contributed by atoms with E-state index in [0.29, 0.717) is 0 Å². The Morgan fingerprint density at radius 2 is 1.09 bits per heavy atom. The summed E-state index contributed by atoms with van der Waals surface area (Å²) in [5, 5.41) is 6.14. The third-order valence-electron chi connectivity index (χ3n) is 8.61. The van der Waals surface area contributed by atoms with Gasteiger partial charge in [-0.25, -0.2) is 4.98 Å². The van der Waals surface area contributed by atoms with Gasteiger partial charge in [0.25, 0.3) is 0 Å². The summed E-state index contributed by atoms with van der Waals surface area (Å²) in [6.45, 7) is 0. The molecule has 0 amide bonds. The standard InChI is InChI=1S/C41H26N2S/c1-4-11-27(12-5-1)28-19-22-32(23-20-28)43(31-15-8-3-9-16-31)33-24-21-30-25-37-38-34(36(30)26-33)17-10-18-35(38)40-39(37)42-41(44-40)29-13-6-2-7-14-29/h1-26H. The summed E-state index contributed by atoms with van der Waals surface area (Å²) in [7, 11) is 0. The van der Waals surface area contributed by atoms with Crippen molar-refractivity contribution in [3.63, 3.8) is 0 Å². The highest BCUT2D eigenvalue weighted by Crippen LogP contribution is 2.53. The molecule has 0 fully saturated rings. The maximum absolute atomic E-state index is 5.17. The summed E-state index contributed by atoms with van der Waals surface area (Å²) in [4.78, 5) is 8.79. The molecule has 8 aromatic rings. The minimum atomic E-state index is 1.07. The quantitative estimate of drug-likeness (QED) is 0.189. The molecule has 1 aliphatic rings. The van der Waals surface area contributed by atoms with Crippen molar-refractivity contribution < 1.29 is 0 Å². The Balaban J connectivity index is 1.19. The summed E-state index contributed by atoms with van der Waals surface area (Å²) >= 11 is 1.79. The van der Waals surface area contributed by atoms with Gasteiger partial charge in [-0.2, -0.15) is 0 Å². The van der Waals surface area contributed by atoms with E-state index in [2.05, 4.69) is 163 Å². The average Bonchev–Trinajstić information content (AvgIpc) is 3.66. The summed E-state index contributed by atoms with van der Waals surface area (Å²) in [6, 6.07) is 56.5. The van der Waals surface area contributed by atoms with Crippen molar-refractivity contribution in [3.8, 4) is 43.4 Å². The van der Waals surface area contributed by atoms with Crippen molar-refractivity contribution in [3.05, 3.63) is 158 Å². The van der Waals surface area contributed by atoms with Gasteiger partial charge in [0, 0.05) is 39.1 Å². The van der Waals surface area contributed by atoms with Gasteiger partial charge in [-0.05, 0) is 69.8 Å². The van der Waals surface area contributed by atoms with Gasteiger partial charge in [-0.1, -0.05) is 115 Å². The molecule has 0 saturated carbocycles. The first-order chi connectivity index (χ1) is 21.8. The number of anilines is 3. The molecule has 0 atom stereocenters. The molecule has 44 heavy (non-hydrogen) atoms. The molecule has 0 bridgehead atoms. The molecule has 1 heterocycles. The van der Waals surface area contributed by atoms with Crippen molar-refractivity contribution in [2.24, 2.45) is 0 Å². The third kappa shape index (κ3) is 3.98. The smallest absolute Gasteiger partial charge is 0.124 e. The van der Waals surface area contributed by atoms with Gasteiger partial charge in [0.05, 0.1) is 10.6 Å². The Bertz CT molecular complexity index is 2310. The minimum absolute atomic E-state index is 1.07. The monoisotopic (exact) mass is 578 g/mol. The molecule has 0 aliphatic heterocycles. The van der Waals surface area contributed by atoms with Crippen LogP contribution in [0, 0.1) is 0 Å². The number of thiazole rings is 1. The maximum atomic E-state index is 5.17. The SMILES string of the molecule is c1ccc(-c2ccc(N(c3ccccc3)c3ccc4cc5c6c(cccc6c4c3)-c3sc(-c4ccccc4)nc3-5)cc2)cc1. The highest BCUT2D eigenvalue weighted by atomic mass is 32.1. The van der Waals surface area contributed by atoms with Crippen LogP contribution in [0.4, 0.5) is 17.1 Å². The van der Waals surface area contributed by atoms with Crippen molar-refractivity contribution in [2.75, 3.05) is 4.90 Å². The fraction of sp³-hybridized carbons (Fsp3) is 0. The fourth-order valence-electron chi connectivity index (χ4n) is 6.56. The Kier molecular flexibility index (Phi) is 5.71. The molecule has 206 valence electrons. The summed E-state index contributed by atoms with van der Waals surface area (Å²) in [6.07, 6.45) is 0. The number of aromatic nitrogens is 1. The Labute approximate surface area is 260 Å². The van der Waals surface area contributed by atoms with Crippen LogP contribution in [0.25, 0.3) is 64.9 Å². The highest BCUT2D eigenvalue weighted by molar-refractivity contribution is 7.19. The first-order valence-corrected chi connectivity index (χ1v) is 15.7. The molecule has 0 N–H and O–H groups in total. The van der Waals surface area contributed by atoms with Gasteiger partial charge in [-0.15, -0.1) is 11.3 Å². The van der Waals surface area contributed by atoms with Crippen LogP contribution in [0.3, 0.4) is 0 Å². The number of hydrogen-bond donors (Lipinski definition) is 0. The second-order valence-corrected chi connectivity index (χ2v) is 12.2. The maximum Gasteiger partial charge on any atom is 0.124 e. The van der Waals surface area contributed by atoms with Crippen LogP contribution in [0.5, 0.6) is 0 Å². The molecule has 0 saturated heterocycles. The lowest BCUT2D eigenvalue weighted by molar-refractivity contribution is 1.29.